The maximum absolute atomic E-state index is 11.3. The molecule has 1 heterocycles. The minimum absolute atomic E-state index is 0.293. The zero-order valence-electron chi connectivity index (χ0n) is 10.1. The molecule has 1 aliphatic heterocycles. The van der Waals surface area contributed by atoms with E-state index in [4.69, 9.17) is 4.74 Å². The van der Waals surface area contributed by atoms with Gasteiger partial charge in [0.25, 0.3) is 0 Å². The Morgan fingerprint density at radius 2 is 2.00 bits per heavy atom. The van der Waals surface area contributed by atoms with Crippen LogP contribution in [0.3, 0.4) is 0 Å². The third-order valence-electron chi connectivity index (χ3n) is 2.87. The highest BCUT2D eigenvalue weighted by Crippen LogP contribution is 2.19. The maximum Gasteiger partial charge on any atom is 0.410 e. The molecule has 1 N–H and O–H groups in total. The molecular weight excluding hydrogens is 218 g/mol. The number of hydrogen-bond donors (Lipinski definition) is 1. The lowest BCUT2D eigenvalue weighted by Gasteiger charge is -2.18. The molecule has 2 rings (SSSR count). The zero-order valence-corrected chi connectivity index (χ0v) is 10.1. The van der Waals surface area contributed by atoms with Crippen molar-refractivity contribution in [3.63, 3.8) is 0 Å². The number of amides is 1. The van der Waals surface area contributed by atoms with Crippen molar-refractivity contribution in [3.8, 4) is 0 Å². The van der Waals surface area contributed by atoms with Gasteiger partial charge in [-0.15, -0.1) is 0 Å². The molecule has 17 heavy (non-hydrogen) atoms. The van der Waals surface area contributed by atoms with Crippen molar-refractivity contribution in [2.45, 2.75) is 20.0 Å². The first-order chi connectivity index (χ1) is 8.06. The van der Waals surface area contributed by atoms with Gasteiger partial charge in [0, 0.05) is 0 Å². The van der Waals surface area contributed by atoms with Gasteiger partial charge in [-0.25, -0.2) is 4.79 Å². The van der Waals surface area contributed by atoms with Gasteiger partial charge < -0.3 is 14.7 Å². The quantitative estimate of drug-likeness (QED) is 0.869. The number of nitrogens with zero attached hydrogens (tertiary/aromatic N) is 1. The number of hydrogen-bond acceptors (Lipinski definition) is 3. The second-order valence-electron chi connectivity index (χ2n) is 4.50. The first-order valence-corrected chi connectivity index (χ1v) is 5.74. The fourth-order valence-corrected chi connectivity index (χ4v) is 2.11. The van der Waals surface area contributed by atoms with E-state index in [-0.39, 0.29) is 6.09 Å². The van der Waals surface area contributed by atoms with E-state index in [0.717, 1.165) is 16.7 Å². The number of carbonyl (C=O) groups excluding carboxylic acids is 1. The minimum Gasteiger partial charge on any atom is -0.448 e. The average molecular weight is 235 g/mol. The number of benzene rings is 1. The van der Waals surface area contributed by atoms with E-state index in [9.17, 15) is 9.90 Å². The van der Waals surface area contributed by atoms with Gasteiger partial charge in [-0.1, -0.05) is 29.3 Å². The van der Waals surface area contributed by atoms with Crippen LogP contribution in [0.15, 0.2) is 18.2 Å². The molecule has 0 aromatic heterocycles. The first kappa shape index (κ1) is 11.9. The van der Waals surface area contributed by atoms with Gasteiger partial charge in [0.15, 0.2) is 0 Å². The molecule has 1 fully saturated rings. The molecular formula is C13H17NO3. The van der Waals surface area contributed by atoms with Gasteiger partial charge in [0.05, 0.1) is 19.2 Å². The third-order valence-corrected chi connectivity index (χ3v) is 2.87. The van der Waals surface area contributed by atoms with Crippen molar-refractivity contribution < 1.29 is 14.6 Å². The van der Waals surface area contributed by atoms with Gasteiger partial charge in [0.1, 0.15) is 6.61 Å². The highest BCUT2D eigenvalue weighted by Gasteiger charge is 2.24. The molecule has 1 amide bonds. The fraction of sp³-hybridized carbons (Fsp3) is 0.462. The largest absolute Gasteiger partial charge is 0.448 e. The van der Waals surface area contributed by atoms with E-state index < -0.39 is 6.10 Å². The summed E-state index contributed by atoms with van der Waals surface area (Å²) in [7, 11) is 0. The summed E-state index contributed by atoms with van der Waals surface area (Å²) < 4.78 is 4.83. The Hall–Kier alpha value is -1.55. The maximum atomic E-state index is 11.3. The zero-order chi connectivity index (χ0) is 12.4. The van der Waals surface area contributed by atoms with Crippen LogP contribution in [0.5, 0.6) is 0 Å². The summed E-state index contributed by atoms with van der Waals surface area (Å²) in [5, 5.41) is 10.1. The van der Waals surface area contributed by atoms with Crippen molar-refractivity contribution in [3.05, 3.63) is 34.9 Å². The molecule has 0 bridgehead atoms. The SMILES string of the molecule is Cc1cc(C)cc(C(O)CN2CCOC2=O)c1. The lowest BCUT2D eigenvalue weighted by atomic mass is 10.0. The molecule has 0 aliphatic carbocycles. The van der Waals surface area contributed by atoms with Gasteiger partial charge >= 0.3 is 6.09 Å². The molecule has 1 aliphatic rings. The number of β-amino-alcohol motifs (C(OH)–C–C–N with tert-alkyl or cyclic N) is 1. The van der Waals surface area contributed by atoms with E-state index >= 15 is 0 Å². The van der Waals surface area contributed by atoms with E-state index in [1.807, 2.05) is 26.0 Å². The molecule has 4 heteroatoms. The summed E-state index contributed by atoms with van der Waals surface area (Å²) in [6.07, 6.45) is -0.993. The monoisotopic (exact) mass is 235 g/mol. The molecule has 0 saturated carbocycles. The van der Waals surface area contributed by atoms with Crippen molar-refractivity contribution in [2.75, 3.05) is 19.7 Å². The summed E-state index contributed by atoms with van der Waals surface area (Å²) in [5.41, 5.74) is 3.08. The highest BCUT2D eigenvalue weighted by molar-refractivity contribution is 5.69. The van der Waals surface area contributed by atoms with Crippen LogP contribution < -0.4 is 0 Å². The lowest BCUT2D eigenvalue weighted by molar-refractivity contribution is 0.118. The van der Waals surface area contributed by atoms with E-state index in [1.54, 1.807) is 0 Å². The number of ether oxygens (including phenoxy) is 1. The van der Waals surface area contributed by atoms with Crippen LogP contribution in [-0.4, -0.2) is 35.8 Å². The normalized spacial score (nSPS) is 17.1. The van der Waals surface area contributed by atoms with Crippen molar-refractivity contribution in [1.82, 2.24) is 4.90 Å². The van der Waals surface area contributed by atoms with Gasteiger partial charge in [-0.05, 0) is 19.4 Å². The Morgan fingerprint density at radius 1 is 1.35 bits per heavy atom. The number of aliphatic hydroxyl groups excluding tert-OH is 1. The minimum atomic E-state index is -0.653. The van der Waals surface area contributed by atoms with Crippen LogP contribution in [0, 0.1) is 13.8 Å². The number of cyclic esters (lactones) is 1. The third kappa shape index (κ3) is 2.77. The Kier molecular flexibility index (Phi) is 3.33. The molecule has 92 valence electrons. The molecule has 4 nitrogen and oxygen atoms in total. The standard InChI is InChI=1S/C13H17NO3/c1-9-5-10(2)7-11(6-9)12(15)8-14-3-4-17-13(14)16/h5-7,12,15H,3-4,8H2,1-2H3. The van der Waals surface area contributed by atoms with Crippen molar-refractivity contribution >= 4 is 6.09 Å². The number of aryl methyl sites for hydroxylation is 2. The summed E-state index contributed by atoms with van der Waals surface area (Å²) in [5.74, 6) is 0. The van der Waals surface area contributed by atoms with Crippen molar-refractivity contribution in [1.29, 1.82) is 0 Å². The highest BCUT2D eigenvalue weighted by atomic mass is 16.6. The summed E-state index contributed by atoms with van der Waals surface area (Å²) in [4.78, 5) is 12.8. The topological polar surface area (TPSA) is 49.8 Å². The van der Waals surface area contributed by atoms with E-state index in [0.29, 0.717) is 19.7 Å². The summed E-state index contributed by atoms with van der Waals surface area (Å²) in [6, 6.07) is 5.94. The van der Waals surface area contributed by atoms with Gasteiger partial charge in [-0.2, -0.15) is 0 Å². The lowest BCUT2D eigenvalue weighted by Crippen LogP contribution is -2.29. The predicted octanol–water partition coefficient (Wildman–Crippen LogP) is 1.79. The Morgan fingerprint density at radius 3 is 2.53 bits per heavy atom. The van der Waals surface area contributed by atoms with E-state index in [1.165, 1.54) is 4.90 Å². The Balaban J connectivity index is 2.08. The predicted molar refractivity (Wildman–Crippen MR) is 63.8 cm³/mol. The van der Waals surface area contributed by atoms with Crippen LogP contribution >= 0.6 is 0 Å². The Labute approximate surface area is 101 Å². The number of aliphatic hydroxyl groups is 1. The first-order valence-electron chi connectivity index (χ1n) is 5.74. The number of rotatable bonds is 3. The van der Waals surface area contributed by atoms with Gasteiger partial charge in [-0.3, -0.25) is 0 Å². The summed E-state index contributed by atoms with van der Waals surface area (Å²) in [6.45, 7) is 5.25. The molecule has 0 radical (unpaired) electrons. The van der Waals surface area contributed by atoms with Crippen LogP contribution in [0.4, 0.5) is 4.79 Å². The van der Waals surface area contributed by atoms with E-state index in [2.05, 4.69) is 6.07 Å². The van der Waals surface area contributed by atoms with Gasteiger partial charge in [0.2, 0.25) is 0 Å². The van der Waals surface area contributed by atoms with Crippen LogP contribution in [-0.2, 0) is 4.74 Å². The number of carbonyl (C=O) groups is 1. The molecule has 1 aromatic carbocycles. The fourth-order valence-electron chi connectivity index (χ4n) is 2.11. The molecule has 1 saturated heterocycles. The molecule has 0 spiro atoms. The Bertz CT molecular complexity index is 410. The average Bonchev–Trinajstić information content (AvgIpc) is 2.63. The molecule has 1 unspecified atom stereocenters. The van der Waals surface area contributed by atoms with Crippen LogP contribution in [0.1, 0.15) is 22.8 Å². The van der Waals surface area contributed by atoms with Crippen molar-refractivity contribution in [2.24, 2.45) is 0 Å². The molecule has 1 atom stereocenters. The summed E-state index contributed by atoms with van der Waals surface area (Å²) >= 11 is 0. The van der Waals surface area contributed by atoms with Crippen LogP contribution in [0.2, 0.25) is 0 Å². The molecule has 1 aromatic rings. The smallest absolute Gasteiger partial charge is 0.410 e. The second-order valence-corrected chi connectivity index (χ2v) is 4.50. The second kappa shape index (κ2) is 4.75. The van der Waals surface area contributed by atoms with Crippen LogP contribution in [0.25, 0.3) is 0 Å².